The van der Waals surface area contributed by atoms with Crippen molar-refractivity contribution < 1.29 is 13.9 Å². The molecular weight excluding hydrogens is 562 g/mol. The van der Waals surface area contributed by atoms with Gasteiger partial charge >= 0.3 is 0 Å². The second-order valence-corrected chi connectivity index (χ2v) is 10.2. The van der Waals surface area contributed by atoms with Gasteiger partial charge in [-0.15, -0.1) is 10.2 Å². The van der Waals surface area contributed by atoms with Gasteiger partial charge in [0.25, 0.3) is 5.91 Å². The Morgan fingerprint density at radius 2 is 1.83 bits per heavy atom. The van der Waals surface area contributed by atoms with Crippen LogP contribution in [0.5, 0.6) is 5.75 Å². The number of nitrogens with zero attached hydrogens (tertiary/aromatic N) is 6. The van der Waals surface area contributed by atoms with E-state index in [1.165, 1.54) is 11.3 Å². The molecule has 1 amide bonds. The van der Waals surface area contributed by atoms with Crippen molar-refractivity contribution in [1.82, 2.24) is 25.1 Å². The molecule has 3 heterocycles. The molecule has 0 saturated carbocycles. The predicted octanol–water partition coefficient (Wildman–Crippen LogP) is 6.56. The number of thiazole rings is 1. The van der Waals surface area contributed by atoms with Gasteiger partial charge in [0, 0.05) is 34.2 Å². The first kappa shape index (κ1) is 26.1. The van der Waals surface area contributed by atoms with Gasteiger partial charge in [-0.2, -0.15) is 10.2 Å². The van der Waals surface area contributed by atoms with Crippen LogP contribution >= 0.6 is 22.9 Å². The number of amides is 1. The summed E-state index contributed by atoms with van der Waals surface area (Å²) in [5.41, 5.74) is 4.55. The quantitative estimate of drug-likeness (QED) is 0.232. The van der Waals surface area contributed by atoms with Gasteiger partial charge in [0.2, 0.25) is 11.8 Å². The van der Waals surface area contributed by atoms with Crippen LogP contribution < -0.4 is 10.1 Å². The van der Waals surface area contributed by atoms with Gasteiger partial charge in [-0.3, -0.25) is 10.1 Å². The minimum Gasteiger partial charge on any atom is -0.496 e. The van der Waals surface area contributed by atoms with Crippen molar-refractivity contribution >= 4 is 44.5 Å². The van der Waals surface area contributed by atoms with E-state index in [1.807, 2.05) is 12.1 Å². The fourth-order valence-corrected chi connectivity index (χ4v) is 5.16. The number of halogens is 1. The highest BCUT2D eigenvalue weighted by Crippen LogP contribution is 2.37. The summed E-state index contributed by atoms with van der Waals surface area (Å²) >= 11 is 7.53. The Morgan fingerprint density at radius 3 is 2.56 bits per heavy atom. The monoisotopic (exact) mass is 579 g/mol. The van der Waals surface area contributed by atoms with Crippen molar-refractivity contribution in [2.24, 2.45) is 0 Å². The molecule has 12 heteroatoms. The highest BCUT2D eigenvalue weighted by molar-refractivity contribution is 7.21. The van der Waals surface area contributed by atoms with Gasteiger partial charge < -0.3 is 9.15 Å². The molecule has 10 nitrogen and oxygen atoms in total. The first-order valence-corrected chi connectivity index (χ1v) is 13.3. The lowest BCUT2D eigenvalue weighted by molar-refractivity contribution is 0.102. The summed E-state index contributed by atoms with van der Waals surface area (Å²) in [6.07, 6.45) is 1.61. The molecule has 200 valence electrons. The van der Waals surface area contributed by atoms with Gasteiger partial charge in [0.05, 0.1) is 30.6 Å². The second-order valence-electron chi connectivity index (χ2n) is 8.78. The summed E-state index contributed by atoms with van der Waals surface area (Å²) in [5, 5.41) is 20.7. The maximum atomic E-state index is 13.6. The minimum atomic E-state index is -0.401. The summed E-state index contributed by atoms with van der Waals surface area (Å²) in [7, 11) is 1.55. The largest absolute Gasteiger partial charge is 0.496 e. The van der Waals surface area contributed by atoms with E-state index in [0.717, 1.165) is 5.56 Å². The van der Waals surface area contributed by atoms with Gasteiger partial charge in [-0.1, -0.05) is 35.1 Å². The lowest BCUT2D eigenvalue weighted by Crippen LogP contribution is -2.13. The molecule has 0 saturated heterocycles. The van der Waals surface area contributed by atoms with Gasteiger partial charge in [0.1, 0.15) is 5.75 Å². The minimum absolute atomic E-state index is 0.318. The van der Waals surface area contributed by atoms with Gasteiger partial charge in [0.15, 0.2) is 15.6 Å². The lowest BCUT2D eigenvalue weighted by Gasteiger charge is -2.14. The highest BCUT2D eigenvalue weighted by Gasteiger charge is 2.21. The molecule has 0 spiro atoms. The van der Waals surface area contributed by atoms with Crippen molar-refractivity contribution in [3.8, 4) is 45.7 Å². The number of aryl methyl sites for hydroxylation is 1. The van der Waals surface area contributed by atoms with E-state index < -0.39 is 5.91 Å². The van der Waals surface area contributed by atoms with E-state index >= 15 is 0 Å². The van der Waals surface area contributed by atoms with Crippen molar-refractivity contribution in [1.29, 1.82) is 5.26 Å². The van der Waals surface area contributed by atoms with E-state index in [2.05, 4.69) is 36.5 Å². The van der Waals surface area contributed by atoms with Crippen molar-refractivity contribution in [3.05, 3.63) is 88.9 Å². The number of rotatable bonds is 6. The maximum absolute atomic E-state index is 13.6. The average molecular weight is 580 g/mol. The third kappa shape index (κ3) is 5.21. The number of carbonyl (C=O) groups excluding carboxylic acids is 1. The van der Waals surface area contributed by atoms with Crippen molar-refractivity contribution in [3.63, 3.8) is 0 Å². The maximum Gasteiger partial charge on any atom is 0.258 e. The fourth-order valence-electron chi connectivity index (χ4n) is 4.20. The molecule has 0 radical (unpaired) electrons. The number of anilines is 1. The first-order valence-electron chi connectivity index (χ1n) is 12.2. The number of hydrogen-bond acceptors (Lipinski definition) is 10. The first-order chi connectivity index (χ1) is 19.9. The molecule has 0 unspecified atom stereocenters. The fraction of sp³-hybridized carbons (Fsp3) is 0.0690. The van der Waals surface area contributed by atoms with Crippen LogP contribution in [-0.4, -0.2) is 38.2 Å². The number of carbonyl (C=O) groups is 1. The molecule has 0 aliphatic rings. The number of nitrogens with one attached hydrogen (secondary N) is 1. The zero-order valence-corrected chi connectivity index (χ0v) is 23.1. The Bertz CT molecular complexity index is 1980. The molecule has 0 fully saturated rings. The van der Waals surface area contributed by atoms with E-state index in [1.54, 1.807) is 68.8 Å². The summed E-state index contributed by atoms with van der Waals surface area (Å²) in [6, 6.07) is 19.5. The summed E-state index contributed by atoms with van der Waals surface area (Å²) in [5.74, 6) is 0.870. The standard InChI is InChI=1S/C29H18ClN7O3S/c1-15-36-37-27(40-15)18-7-9-20(21(11-18)22-12-19(30)8-10-24(22)39-2)26(38)35-29-34-25-28(41-29)33-23(14-32-25)17-5-3-16(13-31)4-6-17/h3-12,14H,1-2H3,(H,32,34,35,38). The third-order valence-electron chi connectivity index (χ3n) is 6.14. The van der Waals surface area contributed by atoms with E-state index in [-0.39, 0.29) is 0 Å². The molecule has 3 aromatic heterocycles. The van der Waals surface area contributed by atoms with E-state index in [0.29, 0.717) is 71.7 Å². The number of nitriles is 1. The van der Waals surface area contributed by atoms with Crippen LogP contribution in [-0.2, 0) is 0 Å². The predicted molar refractivity (Wildman–Crippen MR) is 155 cm³/mol. The SMILES string of the molecule is COc1ccc(Cl)cc1-c1cc(-c2nnc(C)o2)ccc1C(=O)Nc1nc2ncc(-c3ccc(C#N)cc3)nc2s1. The zero-order chi connectivity index (χ0) is 28.5. The van der Waals surface area contributed by atoms with Crippen molar-refractivity contribution in [2.75, 3.05) is 12.4 Å². The Kier molecular flexibility index (Phi) is 6.84. The lowest BCUT2D eigenvalue weighted by atomic mass is 9.96. The number of ether oxygens (including phenoxy) is 1. The molecule has 6 aromatic rings. The Balaban J connectivity index is 1.36. The molecular formula is C29H18ClN7O3S. The molecule has 6 rings (SSSR count). The molecule has 0 atom stereocenters. The van der Waals surface area contributed by atoms with Crippen molar-refractivity contribution in [2.45, 2.75) is 6.92 Å². The number of aromatic nitrogens is 5. The van der Waals surface area contributed by atoms with Crippen LogP contribution in [0.25, 0.3) is 44.3 Å². The molecule has 0 aliphatic carbocycles. The van der Waals surface area contributed by atoms with Crippen LogP contribution in [0.15, 0.2) is 71.3 Å². The van der Waals surface area contributed by atoms with Crippen LogP contribution in [0.3, 0.4) is 0 Å². The number of fused-ring (bicyclic) bond motifs is 1. The number of methoxy groups -OCH3 is 1. The smallest absolute Gasteiger partial charge is 0.258 e. The zero-order valence-electron chi connectivity index (χ0n) is 21.5. The van der Waals surface area contributed by atoms with Crippen LogP contribution in [0.4, 0.5) is 5.13 Å². The third-order valence-corrected chi connectivity index (χ3v) is 7.23. The van der Waals surface area contributed by atoms with E-state index in [4.69, 9.17) is 26.0 Å². The Hall–Kier alpha value is -5.18. The molecule has 1 N–H and O–H groups in total. The van der Waals surface area contributed by atoms with Gasteiger partial charge in [-0.05, 0) is 54.1 Å². The van der Waals surface area contributed by atoms with Crippen LogP contribution in [0.1, 0.15) is 21.8 Å². The summed E-state index contributed by atoms with van der Waals surface area (Å²) < 4.78 is 11.2. The molecule has 0 bridgehead atoms. The second kappa shape index (κ2) is 10.8. The highest BCUT2D eigenvalue weighted by atomic mass is 35.5. The Labute approximate surface area is 242 Å². The van der Waals surface area contributed by atoms with Crippen LogP contribution in [0.2, 0.25) is 5.02 Å². The number of benzene rings is 3. The normalized spacial score (nSPS) is 10.9. The topological polar surface area (TPSA) is 140 Å². The average Bonchev–Trinajstić information content (AvgIpc) is 3.61. The van der Waals surface area contributed by atoms with Gasteiger partial charge in [-0.25, -0.2) is 9.97 Å². The number of hydrogen-bond donors (Lipinski definition) is 1. The molecule has 3 aromatic carbocycles. The molecule has 41 heavy (non-hydrogen) atoms. The summed E-state index contributed by atoms with van der Waals surface area (Å²) in [4.78, 5) is 27.7. The van der Waals surface area contributed by atoms with Crippen LogP contribution in [0, 0.1) is 18.3 Å². The van der Waals surface area contributed by atoms with E-state index in [9.17, 15) is 4.79 Å². The molecule has 0 aliphatic heterocycles. The summed E-state index contributed by atoms with van der Waals surface area (Å²) in [6.45, 7) is 1.70. The Morgan fingerprint density at radius 1 is 1.02 bits per heavy atom.